The van der Waals surface area contributed by atoms with Gasteiger partial charge >= 0.3 is 5.97 Å². The van der Waals surface area contributed by atoms with E-state index in [9.17, 15) is 19.2 Å². The van der Waals surface area contributed by atoms with Crippen LogP contribution in [0.3, 0.4) is 0 Å². The van der Waals surface area contributed by atoms with E-state index in [-0.39, 0.29) is 27.9 Å². The largest absolute Gasteiger partial charge is 0.497 e. The third-order valence-electron chi connectivity index (χ3n) is 5.63. The first-order chi connectivity index (χ1) is 18.3. The van der Waals surface area contributed by atoms with E-state index in [1.165, 1.54) is 45.6 Å². The van der Waals surface area contributed by atoms with Crippen molar-refractivity contribution in [3.05, 3.63) is 88.6 Å². The summed E-state index contributed by atoms with van der Waals surface area (Å²) in [7, 11) is 4.24. The highest BCUT2D eigenvalue weighted by atomic mass is 35.5. The Morgan fingerprint density at radius 2 is 1.58 bits per heavy atom. The molecular weight excluding hydrogens is 514 g/mol. The van der Waals surface area contributed by atoms with Gasteiger partial charge in [-0.2, -0.15) is 0 Å². The van der Waals surface area contributed by atoms with E-state index in [0.29, 0.717) is 28.4 Å². The van der Waals surface area contributed by atoms with Crippen molar-refractivity contribution < 1.29 is 33.4 Å². The Morgan fingerprint density at radius 1 is 0.842 bits per heavy atom. The molecule has 0 radical (unpaired) electrons. The van der Waals surface area contributed by atoms with E-state index in [0.717, 1.165) is 4.90 Å². The van der Waals surface area contributed by atoms with Gasteiger partial charge in [-0.05, 0) is 54.6 Å². The molecule has 3 amide bonds. The number of methoxy groups -OCH3 is 3. The minimum absolute atomic E-state index is 0.139. The molecule has 38 heavy (non-hydrogen) atoms. The summed E-state index contributed by atoms with van der Waals surface area (Å²) in [4.78, 5) is 51.3. The normalized spacial score (nSPS) is 12.9. The fraction of sp³-hybridized carbons (Fsp3) is 0.111. The van der Waals surface area contributed by atoms with E-state index in [4.69, 9.17) is 25.8 Å². The molecule has 1 heterocycles. The second-order valence-electron chi connectivity index (χ2n) is 7.90. The number of esters is 1. The Bertz CT molecular complexity index is 1470. The van der Waals surface area contributed by atoms with E-state index in [2.05, 4.69) is 10.6 Å². The van der Waals surface area contributed by atoms with Crippen LogP contribution >= 0.6 is 11.6 Å². The fourth-order valence-electron chi connectivity index (χ4n) is 3.68. The highest BCUT2D eigenvalue weighted by Crippen LogP contribution is 2.32. The fourth-order valence-corrected chi connectivity index (χ4v) is 3.89. The zero-order valence-electron chi connectivity index (χ0n) is 20.5. The first-order valence-corrected chi connectivity index (χ1v) is 11.5. The second-order valence-corrected chi connectivity index (χ2v) is 8.28. The quantitative estimate of drug-likeness (QED) is 0.325. The van der Waals surface area contributed by atoms with E-state index in [1.807, 2.05) is 0 Å². The molecule has 1 aliphatic rings. The maximum absolute atomic E-state index is 13.1. The molecule has 0 atom stereocenters. The van der Waals surface area contributed by atoms with Crippen LogP contribution in [0.5, 0.6) is 11.5 Å². The molecule has 0 saturated heterocycles. The lowest BCUT2D eigenvalue weighted by atomic mass is 10.1. The minimum Gasteiger partial charge on any atom is -0.497 e. The monoisotopic (exact) mass is 535 g/mol. The SMILES string of the molecule is COC(=O)c1cccc(N2C(=O)C(Cl)=C(Nc3ccc(C(=O)Nc4ccc(OC)cc4OC)cc3)C2=O)c1. The van der Waals surface area contributed by atoms with Crippen LogP contribution in [-0.2, 0) is 14.3 Å². The molecule has 1 aliphatic heterocycles. The summed E-state index contributed by atoms with van der Waals surface area (Å²) in [5, 5.41) is 5.30. The number of nitrogens with zero attached hydrogens (tertiary/aromatic N) is 1. The van der Waals surface area contributed by atoms with Crippen molar-refractivity contribution in [1.29, 1.82) is 0 Å². The van der Waals surface area contributed by atoms with Gasteiger partial charge in [-0.25, -0.2) is 9.69 Å². The predicted octanol–water partition coefficient (Wildman–Crippen LogP) is 4.18. The molecule has 0 aliphatic carbocycles. The standard InChI is InChI=1S/C27H22ClN3O7/c1-36-19-11-12-20(21(14-19)37-2)30-24(32)15-7-9-17(10-8-15)29-23-22(28)25(33)31(26(23)34)18-6-4-5-16(13-18)27(35)38-3/h4-14,29H,1-3H3,(H,30,32). The van der Waals surface area contributed by atoms with Gasteiger partial charge < -0.3 is 24.8 Å². The summed E-state index contributed by atoms with van der Waals surface area (Å²) in [6.45, 7) is 0. The van der Waals surface area contributed by atoms with Crippen LogP contribution in [0.15, 0.2) is 77.5 Å². The van der Waals surface area contributed by atoms with Crippen molar-refractivity contribution >= 4 is 52.4 Å². The number of nitrogens with one attached hydrogen (secondary N) is 2. The smallest absolute Gasteiger partial charge is 0.337 e. The minimum atomic E-state index is -0.745. The number of hydrogen-bond donors (Lipinski definition) is 2. The topological polar surface area (TPSA) is 123 Å². The number of carbonyl (C=O) groups excluding carboxylic acids is 4. The van der Waals surface area contributed by atoms with Crippen LogP contribution in [0.25, 0.3) is 0 Å². The highest BCUT2D eigenvalue weighted by Gasteiger charge is 2.39. The Balaban J connectivity index is 1.48. The van der Waals surface area contributed by atoms with Crippen molar-refractivity contribution in [3.63, 3.8) is 0 Å². The molecule has 0 aromatic heterocycles. The number of hydrogen-bond acceptors (Lipinski definition) is 8. The van der Waals surface area contributed by atoms with Gasteiger partial charge in [0.05, 0.1) is 38.3 Å². The van der Waals surface area contributed by atoms with Gasteiger partial charge in [0.25, 0.3) is 17.7 Å². The van der Waals surface area contributed by atoms with Gasteiger partial charge in [0.1, 0.15) is 22.2 Å². The summed E-state index contributed by atoms with van der Waals surface area (Å²) in [6, 6.07) is 17.1. The molecule has 0 unspecified atom stereocenters. The van der Waals surface area contributed by atoms with Crippen molar-refractivity contribution in [3.8, 4) is 11.5 Å². The molecule has 0 fully saturated rings. The van der Waals surface area contributed by atoms with E-state index < -0.39 is 17.8 Å². The maximum Gasteiger partial charge on any atom is 0.337 e. The lowest BCUT2D eigenvalue weighted by Gasteiger charge is -2.16. The lowest BCUT2D eigenvalue weighted by molar-refractivity contribution is -0.120. The molecule has 0 spiro atoms. The number of ether oxygens (including phenoxy) is 3. The van der Waals surface area contributed by atoms with Crippen LogP contribution in [-0.4, -0.2) is 45.0 Å². The molecule has 4 rings (SSSR count). The Morgan fingerprint density at radius 3 is 2.24 bits per heavy atom. The number of anilines is 3. The van der Waals surface area contributed by atoms with Gasteiger partial charge in [0.2, 0.25) is 0 Å². The third kappa shape index (κ3) is 5.16. The molecule has 194 valence electrons. The van der Waals surface area contributed by atoms with Gasteiger partial charge in [-0.15, -0.1) is 0 Å². The summed E-state index contributed by atoms with van der Waals surface area (Å²) in [5.74, 6) is -1.43. The number of halogens is 1. The van der Waals surface area contributed by atoms with Crippen LogP contribution < -0.4 is 25.0 Å². The van der Waals surface area contributed by atoms with Crippen molar-refractivity contribution in [1.82, 2.24) is 0 Å². The van der Waals surface area contributed by atoms with Crippen LogP contribution in [0.2, 0.25) is 0 Å². The van der Waals surface area contributed by atoms with Crippen molar-refractivity contribution in [2.24, 2.45) is 0 Å². The third-order valence-corrected chi connectivity index (χ3v) is 5.98. The number of imide groups is 1. The lowest BCUT2D eigenvalue weighted by Crippen LogP contribution is -2.32. The molecule has 3 aromatic carbocycles. The Labute approximate surface area is 222 Å². The molecular formula is C27H22ClN3O7. The molecule has 10 nitrogen and oxygen atoms in total. The number of rotatable bonds is 8. The van der Waals surface area contributed by atoms with Gasteiger partial charge in [0.15, 0.2) is 0 Å². The first kappa shape index (κ1) is 26.2. The predicted molar refractivity (Wildman–Crippen MR) is 141 cm³/mol. The Kier molecular flexibility index (Phi) is 7.63. The zero-order chi connectivity index (χ0) is 27.4. The summed E-state index contributed by atoms with van der Waals surface area (Å²) >= 11 is 6.20. The van der Waals surface area contributed by atoms with Crippen LogP contribution in [0, 0.1) is 0 Å². The number of benzene rings is 3. The molecule has 11 heteroatoms. The average molecular weight is 536 g/mol. The molecule has 2 N–H and O–H groups in total. The zero-order valence-corrected chi connectivity index (χ0v) is 21.3. The molecule has 0 bridgehead atoms. The maximum atomic E-state index is 13.1. The second kappa shape index (κ2) is 11.1. The van der Waals surface area contributed by atoms with E-state index >= 15 is 0 Å². The summed E-state index contributed by atoms with van der Waals surface area (Å²) in [6.07, 6.45) is 0. The average Bonchev–Trinajstić information content (AvgIpc) is 3.15. The number of amides is 3. The highest BCUT2D eigenvalue weighted by molar-refractivity contribution is 6.53. The summed E-state index contributed by atoms with van der Waals surface area (Å²) in [5.41, 5.74) is 1.42. The first-order valence-electron chi connectivity index (χ1n) is 11.1. The van der Waals surface area contributed by atoms with Gasteiger partial charge in [-0.3, -0.25) is 14.4 Å². The van der Waals surface area contributed by atoms with Gasteiger partial charge in [-0.1, -0.05) is 17.7 Å². The van der Waals surface area contributed by atoms with Crippen LogP contribution in [0.1, 0.15) is 20.7 Å². The summed E-state index contributed by atoms with van der Waals surface area (Å²) < 4.78 is 15.2. The molecule has 3 aromatic rings. The Hall–Kier alpha value is -4.83. The van der Waals surface area contributed by atoms with Crippen LogP contribution in [0.4, 0.5) is 17.1 Å². The molecule has 0 saturated carbocycles. The van der Waals surface area contributed by atoms with Crippen molar-refractivity contribution in [2.75, 3.05) is 36.9 Å². The van der Waals surface area contributed by atoms with Gasteiger partial charge in [0, 0.05) is 17.3 Å². The number of carbonyl (C=O) groups is 4. The van der Waals surface area contributed by atoms with Crippen molar-refractivity contribution in [2.45, 2.75) is 0 Å². The van der Waals surface area contributed by atoms with E-state index in [1.54, 1.807) is 42.5 Å².